The van der Waals surface area contributed by atoms with Crippen molar-refractivity contribution in [3.05, 3.63) is 62.3 Å². The quantitative estimate of drug-likeness (QED) is 0.742. The van der Waals surface area contributed by atoms with Gasteiger partial charge in [-0.2, -0.15) is 0 Å². The van der Waals surface area contributed by atoms with Crippen molar-refractivity contribution < 1.29 is 13.9 Å². The molecule has 7 heteroatoms. The second-order valence-corrected chi connectivity index (χ2v) is 6.72. The number of esters is 1. The van der Waals surface area contributed by atoms with Gasteiger partial charge in [0.05, 0.1) is 10.9 Å². The molecule has 0 radical (unpaired) electrons. The van der Waals surface area contributed by atoms with Gasteiger partial charge >= 0.3 is 5.97 Å². The molecule has 1 aliphatic carbocycles. The zero-order valence-electron chi connectivity index (χ0n) is 12.6. The zero-order chi connectivity index (χ0) is 16.7. The summed E-state index contributed by atoms with van der Waals surface area (Å²) in [6.45, 7) is -0.135. The molecule has 4 rings (SSSR count). The van der Waals surface area contributed by atoms with Crippen LogP contribution in [0.2, 0.25) is 0 Å². The molecule has 2 heterocycles. The fraction of sp³-hybridized carbons (Fsp3) is 0.235. The molecule has 0 aliphatic heterocycles. The minimum absolute atomic E-state index is 0.135. The van der Waals surface area contributed by atoms with Gasteiger partial charge in [-0.15, -0.1) is 11.3 Å². The summed E-state index contributed by atoms with van der Waals surface area (Å²) in [5, 5.41) is 0.668. The fourth-order valence-electron chi connectivity index (χ4n) is 2.92. The van der Waals surface area contributed by atoms with Crippen LogP contribution < -0.4 is 5.56 Å². The van der Waals surface area contributed by atoms with E-state index in [1.165, 1.54) is 40.5 Å². The molecule has 0 atom stereocenters. The molecule has 2 aromatic heterocycles. The van der Waals surface area contributed by atoms with Crippen molar-refractivity contribution in [1.82, 2.24) is 9.97 Å². The molecule has 0 spiro atoms. The minimum Gasteiger partial charge on any atom is -0.454 e. The largest absolute Gasteiger partial charge is 0.454 e. The van der Waals surface area contributed by atoms with E-state index < -0.39 is 11.8 Å². The molecule has 0 unspecified atom stereocenters. The average molecular weight is 344 g/mol. The third kappa shape index (κ3) is 2.60. The Morgan fingerprint density at radius 2 is 2.08 bits per heavy atom. The van der Waals surface area contributed by atoms with E-state index in [4.69, 9.17) is 4.74 Å². The lowest BCUT2D eigenvalue weighted by atomic mass is 10.2. The maximum Gasteiger partial charge on any atom is 0.338 e. The van der Waals surface area contributed by atoms with Crippen LogP contribution in [0.25, 0.3) is 10.2 Å². The van der Waals surface area contributed by atoms with Crippen LogP contribution in [-0.4, -0.2) is 15.9 Å². The summed E-state index contributed by atoms with van der Waals surface area (Å²) >= 11 is 1.53. The highest BCUT2D eigenvalue weighted by molar-refractivity contribution is 7.18. The van der Waals surface area contributed by atoms with Crippen LogP contribution in [0.15, 0.2) is 29.1 Å². The van der Waals surface area contributed by atoms with Gasteiger partial charge in [-0.25, -0.2) is 14.2 Å². The molecule has 5 nitrogen and oxygen atoms in total. The van der Waals surface area contributed by atoms with Crippen molar-refractivity contribution in [2.75, 3.05) is 0 Å². The Hall–Kier alpha value is -2.54. The predicted molar refractivity (Wildman–Crippen MR) is 87.8 cm³/mol. The van der Waals surface area contributed by atoms with E-state index in [2.05, 4.69) is 9.97 Å². The average Bonchev–Trinajstić information content (AvgIpc) is 3.13. The first kappa shape index (κ1) is 15.0. The first-order valence-electron chi connectivity index (χ1n) is 7.58. The van der Waals surface area contributed by atoms with E-state index in [0.717, 1.165) is 24.8 Å². The van der Waals surface area contributed by atoms with E-state index >= 15 is 0 Å². The number of hydrogen-bond acceptors (Lipinski definition) is 5. The van der Waals surface area contributed by atoms with Gasteiger partial charge in [0.25, 0.3) is 5.56 Å². The number of aryl methyl sites for hydroxylation is 2. The highest BCUT2D eigenvalue weighted by Crippen LogP contribution is 2.34. The van der Waals surface area contributed by atoms with Crippen LogP contribution in [-0.2, 0) is 24.2 Å². The molecule has 1 aliphatic rings. The minimum atomic E-state index is -0.591. The van der Waals surface area contributed by atoms with Gasteiger partial charge in [-0.1, -0.05) is 0 Å². The van der Waals surface area contributed by atoms with Gasteiger partial charge in [0, 0.05) is 4.88 Å². The molecule has 1 N–H and O–H groups in total. The Balaban J connectivity index is 1.56. The number of hydrogen-bond donors (Lipinski definition) is 1. The molecule has 0 saturated heterocycles. The maximum atomic E-state index is 12.9. The van der Waals surface area contributed by atoms with Crippen molar-refractivity contribution in [2.24, 2.45) is 0 Å². The van der Waals surface area contributed by atoms with E-state index in [1.807, 2.05) is 0 Å². The number of nitrogens with zero attached hydrogens (tertiary/aromatic N) is 1. The van der Waals surface area contributed by atoms with Crippen molar-refractivity contribution in [3.63, 3.8) is 0 Å². The van der Waals surface area contributed by atoms with Gasteiger partial charge in [-0.3, -0.25) is 4.79 Å². The number of aromatic amines is 1. The number of carbonyl (C=O) groups excluding carboxylic acids is 1. The van der Waals surface area contributed by atoms with Gasteiger partial charge in [-0.05, 0) is 49.1 Å². The molecule has 0 bridgehead atoms. The molecule has 122 valence electrons. The summed E-state index contributed by atoms with van der Waals surface area (Å²) in [6.07, 6.45) is 2.98. The van der Waals surface area contributed by atoms with Gasteiger partial charge in [0.2, 0.25) is 0 Å². The molecule has 0 amide bonds. The Kier molecular flexibility index (Phi) is 3.65. The standard InChI is InChI=1S/C17H13FN2O3S/c18-10-6-4-9(5-7-10)17(22)23-8-13-19-15(21)14-11-2-1-3-12(11)24-16(14)20-13/h4-7H,1-3,8H2,(H,19,20,21). The summed E-state index contributed by atoms with van der Waals surface area (Å²) in [7, 11) is 0. The Labute approximate surface area is 140 Å². The first-order valence-corrected chi connectivity index (χ1v) is 8.39. The van der Waals surface area contributed by atoms with Crippen LogP contribution in [0, 0.1) is 5.82 Å². The molecule has 3 aromatic rings. The van der Waals surface area contributed by atoms with Crippen LogP contribution >= 0.6 is 11.3 Å². The Morgan fingerprint density at radius 3 is 2.88 bits per heavy atom. The molecule has 0 fully saturated rings. The Morgan fingerprint density at radius 1 is 1.29 bits per heavy atom. The van der Waals surface area contributed by atoms with Crippen molar-refractivity contribution in [3.8, 4) is 0 Å². The van der Waals surface area contributed by atoms with Crippen LogP contribution in [0.3, 0.4) is 0 Å². The summed E-state index contributed by atoms with van der Waals surface area (Å²) in [5.41, 5.74) is 1.17. The fourth-order valence-corrected chi connectivity index (χ4v) is 4.20. The third-order valence-electron chi connectivity index (χ3n) is 4.04. The van der Waals surface area contributed by atoms with E-state index in [0.29, 0.717) is 16.0 Å². The number of carbonyl (C=O) groups is 1. The highest BCUT2D eigenvalue weighted by Gasteiger charge is 2.21. The van der Waals surface area contributed by atoms with Crippen LogP contribution in [0.1, 0.15) is 33.0 Å². The van der Waals surface area contributed by atoms with Gasteiger partial charge in [0.1, 0.15) is 23.1 Å². The number of H-pyrrole nitrogens is 1. The number of halogens is 1. The normalized spacial score (nSPS) is 13.2. The number of rotatable bonds is 3. The molecular formula is C17H13FN2O3S. The lowest BCUT2D eigenvalue weighted by molar-refractivity contribution is 0.0462. The summed E-state index contributed by atoms with van der Waals surface area (Å²) in [5.74, 6) is -0.706. The van der Waals surface area contributed by atoms with Crippen molar-refractivity contribution in [1.29, 1.82) is 0 Å². The van der Waals surface area contributed by atoms with E-state index in [9.17, 15) is 14.0 Å². The number of nitrogens with one attached hydrogen (secondary N) is 1. The summed E-state index contributed by atoms with van der Waals surface area (Å²) in [6, 6.07) is 5.08. The highest BCUT2D eigenvalue weighted by atomic mass is 32.1. The van der Waals surface area contributed by atoms with Crippen molar-refractivity contribution in [2.45, 2.75) is 25.9 Å². The Bertz CT molecular complexity index is 991. The molecule has 24 heavy (non-hydrogen) atoms. The number of thiophene rings is 1. The lowest BCUT2D eigenvalue weighted by Crippen LogP contribution is -2.14. The maximum absolute atomic E-state index is 12.9. The predicted octanol–water partition coefficient (Wildman–Crippen LogP) is 2.97. The smallest absolute Gasteiger partial charge is 0.338 e. The number of fused-ring (bicyclic) bond motifs is 3. The second kappa shape index (κ2) is 5.83. The molecule has 0 saturated carbocycles. The summed E-state index contributed by atoms with van der Waals surface area (Å²) in [4.78, 5) is 33.2. The number of benzene rings is 1. The van der Waals surface area contributed by atoms with Crippen LogP contribution in [0.5, 0.6) is 0 Å². The monoisotopic (exact) mass is 344 g/mol. The van der Waals surface area contributed by atoms with Gasteiger partial charge in [0.15, 0.2) is 0 Å². The van der Waals surface area contributed by atoms with Crippen LogP contribution in [0.4, 0.5) is 4.39 Å². The topological polar surface area (TPSA) is 72.0 Å². The van der Waals surface area contributed by atoms with Gasteiger partial charge < -0.3 is 9.72 Å². The second-order valence-electron chi connectivity index (χ2n) is 5.63. The molecular weight excluding hydrogens is 331 g/mol. The first-order chi connectivity index (χ1) is 11.6. The van der Waals surface area contributed by atoms with E-state index in [-0.39, 0.29) is 17.7 Å². The lowest BCUT2D eigenvalue weighted by Gasteiger charge is -2.04. The SMILES string of the molecule is O=C(OCc1nc2sc3c(c2c(=O)[nH]1)CCC3)c1ccc(F)cc1. The van der Waals surface area contributed by atoms with E-state index in [1.54, 1.807) is 0 Å². The third-order valence-corrected chi connectivity index (χ3v) is 5.23. The number of aromatic nitrogens is 2. The zero-order valence-corrected chi connectivity index (χ0v) is 13.4. The van der Waals surface area contributed by atoms with Crippen molar-refractivity contribution >= 4 is 27.5 Å². The molecule has 1 aromatic carbocycles. The number of ether oxygens (including phenoxy) is 1. The summed E-state index contributed by atoms with van der Waals surface area (Å²) < 4.78 is 18.0.